The van der Waals surface area contributed by atoms with Crippen molar-refractivity contribution in [3.63, 3.8) is 0 Å². The van der Waals surface area contributed by atoms with E-state index in [2.05, 4.69) is 15.2 Å². The third kappa shape index (κ3) is 4.57. The number of hydrogen-bond donors (Lipinski definition) is 0. The van der Waals surface area contributed by atoms with E-state index < -0.39 is 15.9 Å². The lowest BCUT2D eigenvalue weighted by Crippen LogP contribution is -2.42. The van der Waals surface area contributed by atoms with Crippen molar-refractivity contribution in [3.05, 3.63) is 78.1 Å². The maximum atomic E-state index is 13.0. The van der Waals surface area contributed by atoms with E-state index in [1.54, 1.807) is 41.7 Å². The molecule has 2 aromatic heterocycles. The van der Waals surface area contributed by atoms with Gasteiger partial charge in [-0.3, -0.25) is 9.78 Å². The second-order valence-electron chi connectivity index (χ2n) is 6.73. The Morgan fingerprint density at radius 3 is 2.59 bits per heavy atom. The maximum Gasteiger partial charge on any atom is 0.247 e. The molecule has 3 heterocycles. The van der Waals surface area contributed by atoms with Gasteiger partial charge in [0.05, 0.1) is 18.0 Å². The zero-order valence-corrected chi connectivity index (χ0v) is 16.3. The van der Waals surface area contributed by atoms with Gasteiger partial charge in [0.15, 0.2) is 9.84 Å². The van der Waals surface area contributed by atoms with Crippen molar-refractivity contribution in [1.29, 1.82) is 0 Å². The van der Waals surface area contributed by atoms with Crippen molar-refractivity contribution in [2.75, 3.05) is 5.75 Å². The van der Waals surface area contributed by atoms with Gasteiger partial charge < -0.3 is 4.90 Å². The van der Waals surface area contributed by atoms with Crippen LogP contribution < -0.4 is 0 Å². The molecule has 148 valence electrons. The van der Waals surface area contributed by atoms with Gasteiger partial charge in [-0.15, -0.1) is 0 Å². The number of carbonyl (C=O) groups is 1. The van der Waals surface area contributed by atoms with Crippen molar-refractivity contribution >= 4 is 15.7 Å². The van der Waals surface area contributed by atoms with Crippen molar-refractivity contribution in [2.24, 2.45) is 0 Å². The Hall–Kier alpha value is -3.33. The van der Waals surface area contributed by atoms with E-state index in [9.17, 15) is 13.2 Å². The van der Waals surface area contributed by atoms with Crippen LogP contribution in [0.5, 0.6) is 0 Å². The second kappa shape index (κ2) is 7.96. The fourth-order valence-corrected chi connectivity index (χ4v) is 4.45. The molecule has 9 heteroatoms. The van der Waals surface area contributed by atoms with Gasteiger partial charge >= 0.3 is 0 Å². The van der Waals surface area contributed by atoms with Crippen LogP contribution in [0.15, 0.2) is 72.5 Å². The first-order chi connectivity index (χ1) is 14.0. The third-order valence-electron chi connectivity index (χ3n) is 4.62. The Morgan fingerprint density at radius 1 is 1.14 bits per heavy atom. The van der Waals surface area contributed by atoms with Crippen molar-refractivity contribution in [2.45, 2.75) is 19.1 Å². The van der Waals surface area contributed by atoms with Gasteiger partial charge in [-0.1, -0.05) is 30.3 Å². The van der Waals surface area contributed by atoms with E-state index in [1.165, 1.54) is 10.2 Å². The van der Waals surface area contributed by atoms with Gasteiger partial charge in [0.25, 0.3) is 0 Å². The van der Waals surface area contributed by atoms with Crippen molar-refractivity contribution in [3.8, 4) is 11.3 Å². The highest BCUT2D eigenvalue weighted by Gasteiger charge is 2.30. The Morgan fingerprint density at radius 2 is 1.90 bits per heavy atom. The second-order valence-corrected chi connectivity index (χ2v) is 8.66. The molecule has 0 aliphatic carbocycles. The molecule has 3 aromatic rings. The molecule has 1 unspecified atom stereocenters. The molecule has 0 radical (unpaired) electrons. The van der Waals surface area contributed by atoms with E-state index in [4.69, 9.17) is 0 Å². The monoisotopic (exact) mass is 409 g/mol. The summed E-state index contributed by atoms with van der Waals surface area (Å²) in [7, 11) is -3.30. The molecule has 1 aliphatic rings. The maximum absolute atomic E-state index is 13.0. The topological polar surface area (TPSA) is 98.1 Å². The normalized spacial score (nSPS) is 17.3. The molecule has 0 bridgehead atoms. The molecule has 0 spiro atoms. The van der Waals surface area contributed by atoms with E-state index in [0.717, 1.165) is 11.1 Å². The summed E-state index contributed by atoms with van der Waals surface area (Å²) in [6.07, 6.45) is 6.44. The molecule has 4 rings (SSSR count). The molecule has 0 saturated heterocycles. The predicted molar refractivity (Wildman–Crippen MR) is 107 cm³/mol. The lowest BCUT2D eigenvalue weighted by molar-refractivity contribution is -0.134. The van der Waals surface area contributed by atoms with Crippen LogP contribution in [0, 0.1) is 0 Å². The Labute approximate surface area is 168 Å². The lowest BCUT2D eigenvalue weighted by atomic mass is 10.2. The highest BCUT2D eigenvalue weighted by Crippen LogP contribution is 2.19. The molecule has 1 amide bonds. The van der Waals surface area contributed by atoms with Crippen LogP contribution in [0.25, 0.3) is 11.3 Å². The van der Waals surface area contributed by atoms with Gasteiger partial charge in [-0.05, 0) is 23.8 Å². The van der Waals surface area contributed by atoms with Crippen molar-refractivity contribution in [1.82, 2.24) is 24.9 Å². The minimum absolute atomic E-state index is 0.0810. The highest BCUT2D eigenvalue weighted by molar-refractivity contribution is 7.94. The standard InChI is InChI=1S/C20H19N5O3S/c26-20(14-25-22-12-19(23-25)17-4-2-1-3-5-17)24(13-16-6-9-21-10-7-16)18-8-11-29(27,28)15-18/h1-12,18H,13-15H2. The van der Waals surface area contributed by atoms with Crippen LogP contribution in [0.3, 0.4) is 0 Å². The summed E-state index contributed by atoms with van der Waals surface area (Å²) in [5.41, 5.74) is 2.44. The first-order valence-electron chi connectivity index (χ1n) is 9.05. The van der Waals surface area contributed by atoms with Gasteiger partial charge in [0, 0.05) is 29.9 Å². The van der Waals surface area contributed by atoms with Gasteiger partial charge in [-0.25, -0.2) is 8.42 Å². The summed E-state index contributed by atoms with van der Waals surface area (Å²) < 4.78 is 23.7. The molecule has 1 atom stereocenters. The molecule has 0 fully saturated rings. The molecule has 1 aromatic carbocycles. The number of pyridine rings is 1. The summed E-state index contributed by atoms with van der Waals surface area (Å²) in [6.45, 7) is 0.195. The first-order valence-corrected chi connectivity index (χ1v) is 10.8. The Balaban J connectivity index is 1.54. The highest BCUT2D eigenvalue weighted by atomic mass is 32.2. The van der Waals surface area contributed by atoms with Crippen LogP contribution >= 0.6 is 0 Å². The largest absolute Gasteiger partial charge is 0.329 e. The van der Waals surface area contributed by atoms with Crippen LogP contribution in [0.4, 0.5) is 0 Å². The van der Waals surface area contributed by atoms with Crippen LogP contribution in [0.2, 0.25) is 0 Å². The van der Waals surface area contributed by atoms with Gasteiger partial charge in [0.1, 0.15) is 12.2 Å². The minimum Gasteiger partial charge on any atom is -0.329 e. The molecular weight excluding hydrogens is 390 g/mol. The fourth-order valence-electron chi connectivity index (χ4n) is 3.16. The van der Waals surface area contributed by atoms with Crippen LogP contribution in [0.1, 0.15) is 5.56 Å². The minimum atomic E-state index is -3.30. The number of benzene rings is 1. The Bertz CT molecular complexity index is 1130. The first kappa shape index (κ1) is 19.0. The van der Waals surface area contributed by atoms with E-state index in [1.807, 2.05) is 30.3 Å². The number of nitrogens with zero attached hydrogens (tertiary/aromatic N) is 5. The number of amides is 1. The SMILES string of the molecule is O=C(Cn1ncc(-c2ccccc2)n1)N(Cc1ccncc1)C1C=CS(=O)(=O)C1. The molecule has 8 nitrogen and oxygen atoms in total. The summed E-state index contributed by atoms with van der Waals surface area (Å²) >= 11 is 0. The molecule has 0 saturated carbocycles. The fraction of sp³-hybridized carbons (Fsp3) is 0.200. The summed E-state index contributed by atoms with van der Waals surface area (Å²) in [4.78, 5) is 19.9. The molecular formula is C20H19N5O3S. The number of aromatic nitrogens is 4. The quantitative estimate of drug-likeness (QED) is 0.614. The number of carbonyl (C=O) groups excluding carboxylic acids is 1. The average Bonchev–Trinajstić information content (AvgIpc) is 3.33. The summed E-state index contributed by atoms with van der Waals surface area (Å²) in [6, 6.07) is 12.6. The predicted octanol–water partition coefficient (Wildman–Crippen LogP) is 1.68. The van der Waals surface area contributed by atoms with Gasteiger partial charge in [-0.2, -0.15) is 15.0 Å². The third-order valence-corrected chi connectivity index (χ3v) is 5.99. The Kier molecular flexibility index (Phi) is 5.22. The van der Waals surface area contributed by atoms with Crippen molar-refractivity contribution < 1.29 is 13.2 Å². The number of rotatable bonds is 6. The summed E-state index contributed by atoms with van der Waals surface area (Å²) in [5.74, 6) is -0.380. The molecule has 0 N–H and O–H groups in total. The lowest BCUT2D eigenvalue weighted by Gasteiger charge is -2.27. The van der Waals surface area contributed by atoms with E-state index >= 15 is 0 Å². The van der Waals surface area contributed by atoms with Crippen LogP contribution in [-0.4, -0.2) is 51.0 Å². The zero-order valence-electron chi connectivity index (χ0n) is 15.5. The smallest absolute Gasteiger partial charge is 0.247 e. The molecule has 1 aliphatic heterocycles. The average molecular weight is 409 g/mol. The zero-order chi connectivity index (χ0) is 20.3. The van der Waals surface area contributed by atoms with Crippen LogP contribution in [-0.2, 0) is 27.7 Å². The summed E-state index contributed by atoms with van der Waals surface area (Å²) in [5, 5.41) is 9.74. The number of sulfone groups is 1. The number of hydrogen-bond acceptors (Lipinski definition) is 6. The van der Waals surface area contributed by atoms with Gasteiger partial charge in [0.2, 0.25) is 5.91 Å². The molecule has 29 heavy (non-hydrogen) atoms. The van der Waals surface area contributed by atoms with E-state index in [-0.39, 0.29) is 24.7 Å². The van der Waals surface area contributed by atoms with E-state index in [0.29, 0.717) is 5.69 Å².